The van der Waals surface area contributed by atoms with E-state index in [1.54, 1.807) is 31.2 Å². The first-order valence-corrected chi connectivity index (χ1v) is 5.16. The minimum Gasteiger partial charge on any atom is -0.768 e. The highest BCUT2D eigenvalue weighted by atomic mass is 35.5. The lowest BCUT2D eigenvalue weighted by Crippen LogP contribution is -2.09. The zero-order valence-corrected chi connectivity index (χ0v) is 8.56. The fourth-order valence-corrected chi connectivity index (χ4v) is 1.79. The van der Waals surface area contributed by atoms with Crippen LogP contribution in [0.15, 0.2) is 29.2 Å². The number of halogens is 1. The van der Waals surface area contributed by atoms with E-state index in [2.05, 4.69) is 4.84 Å². The zero-order valence-electron chi connectivity index (χ0n) is 6.99. The molecular formula is C8H9ClNO2S-. The summed E-state index contributed by atoms with van der Waals surface area (Å²) >= 11 is 3.20. The quantitative estimate of drug-likeness (QED) is 0.621. The Labute approximate surface area is 84.5 Å². The van der Waals surface area contributed by atoms with E-state index in [1.165, 1.54) is 0 Å². The first-order chi connectivity index (χ1) is 6.16. The Morgan fingerprint density at radius 1 is 1.54 bits per heavy atom. The second-order valence-corrected chi connectivity index (χ2v) is 3.73. The molecule has 2 unspecified atom stereocenters. The third-order valence-corrected chi connectivity index (χ3v) is 2.79. The zero-order chi connectivity index (χ0) is 9.84. The van der Waals surface area contributed by atoms with E-state index in [1.807, 2.05) is 0 Å². The van der Waals surface area contributed by atoms with Gasteiger partial charge >= 0.3 is 0 Å². The molecule has 0 aliphatic heterocycles. The van der Waals surface area contributed by atoms with Crippen LogP contribution in [0.2, 0.25) is 0 Å². The van der Waals surface area contributed by atoms with Gasteiger partial charge in [0.1, 0.15) is 0 Å². The minimum absolute atomic E-state index is 0.184. The smallest absolute Gasteiger partial charge is 0.0453 e. The Morgan fingerprint density at radius 3 is 2.69 bits per heavy atom. The SMILES string of the molecule is CC(NCl)c1ccccc1S(=O)[O-]. The van der Waals surface area contributed by atoms with Gasteiger partial charge in [0.25, 0.3) is 0 Å². The van der Waals surface area contributed by atoms with E-state index in [4.69, 9.17) is 11.8 Å². The summed E-state index contributed by atoms with van der Waals surface area (Å²) < 4.78 is 21.5. The largest absolute Gasteiger partial charge is 0.768 e. The van der Waals surface area contributed by atoms with Crippen molar-refractivity contribution < 1.29 is 8.76 Å². The van der Waals surface area contributed by atoms with Crippen molar-refractivity contribution in [1.29, 1.82) is 0 Å². The molecule has 13 heavy (non-hydrogen) atoms. The Bertz CT molecular complexity index is 319. The standard InChI is InChI=1S/C8H10ClNO2S/c1-6(10-9)7-4-2-3-5-8(7)13(11)12/h2-6,10H,1H3,(H,11,12)/p-1. The van der Waals surface area contributed by atoms with Crippen molar-refractivity contribution in [3.63, 3.8) is 0 Å². The summed E-state index contributed by atoms with van der Waals surface area (Å²) in [6, 6.07) is 6.54. The van der Waals surface area contributed by atoms with Gasteiger partial charge in [-0.2, -0.15) is 0 Å². The van der Waals surface area contributed by atoms with Gasteiger partial charge in [-0.1, -0.05) is 18.2 Å². The third-order valence-electron chi connectivity index (χ3n) is 1.73. The van der Waals surface area contributed by atoms with Crippen molar-refractivity contribution in [1.82, 2.24) is 4.84 Å². The fraction of sp³-hybridized carbons (Fsp3) is 0.250. The topological polar surface area (TPSA) is 52.2 Å². The molecule has 72 valence electrons. The molecule has 0 heterocycles. The van der Waals surface area contributed by atoms with Crippen LogP contribution in [0.4, 0.5) is 0 Å². The summed E-state index contributed by atoms with van der Waals surface area (Å²) in [5.74, 6) is 0. The van der Waals surface area contributed by atoms with Gasteiger partial charge in [0.05, 0.1) is 0 Å². The third kappa shape index (κ3) is 2.51. The average Bonchev–Trinajstić information content (AvgIpc) is 2.16. The van der Waals surface area contributed by atoms with Crippen LogP contribution in [0.25, 0.3) is 0 Å². The summed E-state index contributed by atoms with van der Waals surface area (Å²) in [7, 11) is 0. The van der Waals surface area contributed by atoms with Crippen LogP contribution in [0.3, 0.4) is 0 Å². The molecule has 0 aliphatic carbocycles. The van der Waals surface area contributed by atoms with Gasteiger partial charge in [-0.05, 0) is 41.4 Å². The molecule has 5 heteroatoms. The van der Waals surface area contributed by atoms with Gasteiger partial charge in [0.2, 0.25) is 0 Å². The Morgan fingerprint density at radius 2 is 2.15 bits per heavy atom. The van der Waals surface area contributed by atoms with Crippen molar-refractivity contribution >= 4 is 22.9 Å². The lowest BCUT2D eigenvalue weighted by Gasteiger charge is -2.15. The highest BCUT2D eigenvalue weighted by Gasteiger charge is 2.08. The predicted octanol–water partition coefficient (Wildman–Crippen LogP) is 1.73. The maximum atomic E-state index is 10.8. The highest BCUT2D eigenvalue weighted by molar-refractivity contribution is 7.79. The molecule has 0 radical (unpaired) electrons. The van der Waals surface area contributed by atoms with E-state index >= 15 is 0 Å². The minimum atomic E-state index is -2.21. The summed E-state index contributed by atoms with van der Waals surface area (Å²) in [4.78, 5) is 2.76. The van der Waals surface area contributed by atoms with Crippen molar-refractivity contribution in [3.8, 4) is 0 Å². The molecule has 1 N–H and O–H groups in total. The van der Waals surface area contributed by atoms with Crippen LogP contribution in [0.1, 0.15) is 18.5 Å². The number of nitrogens with one attached hydrogen (secondary N) is 1. The van der Waals surface area contributed by atoms with Crippen molar-refractivity contribution in [2.45, 2.75) is 17.9 Å². The lowest BCUT2D eigenvalue weighted by molar-refractivity contribution is 0.534. The molecule has 0 aromatic heterocycles. The first kappa shape index (κ1) is 10.7. The average molecular weight is 219 g/mol. The molecule has 1 aromatic carbocycles. The normalized spacial score (nSPS) is 15.3. The van der Waals surface area contributed by atoms with Gasteiger partial charge in [0, 0.05) is 10.9 Å². The van der Waals surface area contributed by atoms with Crippen LogP contribution in [-0.2, 0) is 11.1 Å². The van der Waals surface area contributed by atoms with Crippen molar-refractivity contribution in [2.24, 2.45) is 0 Å². The van der Waals surface area contributed by atoms with E-state index in [-0.39, 0.29) is 10.9 Å². The Kier molecular flexibility index (Phi) is 3.87. The van der Waals surface area contributed by atoms with Gasteiger partial charge in [-0.3, -0.25) is 4.21 Å². The fourth-order valence-electron chi connectivity index (χ4n) is 1.05. The summed E-state index contributed by atoms with van der Waals surface area (Å²) in [6.07, 6.45) is 0. The van der Waals surface area contributed by atoms with E-state index < -0.39 is 11.1 Å². The Hall–Kier alpha value is -0.420. The second-order valence-electron chi connectivity index (χ2n) is 2.60. The van der Waals surface area contributed by atoms with E-state index in [9.17, 15) is 8.76 Å². The monoisotopic (exact) mass is 218 g/mol. The van der Waals surface area contributed by atoms with Gasteiger partial charge in [-0.15, -0.1) is 0 Å². The van der Waals surface area contributed by atoms with Gasteiger partial charge in [0.15, 0.2) is 0 Å². The molecular weight excluding hydrogens is 210 g/mol. The molecule has 2 atom stereocenters. The molecule has 1 rings (SSSR count). The van der Waals surface area contributed by atoms with Crippen molar-refractivity contribution in [2.75, 3.05) is 0 Å². The number of hydrogen-bond acceptors (Lipinski definition) is 3. The summed E-state index contributed by atoms with van der Waals surface area (Å²) in [5, 5.41) is 0. The predicted molar refractivity (Wildman–Crippen MR) is 51.0 cm³/mol. The summed E-state index contributed by atoms with van der Waals surface area (Å²) in [5.41, 5.74) is 0.672. The maximum Gasteiger partial charge on any atom is 0.0453 e. The van der Waals surface area contributed by atoms with Crippen LogP contribution in [-0.4, -0.2) is 8.76 Å². The molecule has 0 fully saturated rings. The van der Waals surface area contributed by atoms with Gasteiger partial charge in [-0.25, -0.2) is 4.84 Å². The molecule has 0 saturated heterocycles. The second kappa shape index (κ2) is 4.72. The summed E-state index contributed by atoms with van der Waals surface area (Å²) in [6.45, 7) is 1.79. The van der Waals surface area contributed by atoms with Crippen LogP contribution in [0.5, 0.6) is 0 Å². The number of benzene rings is 1. The first-order valence-electron chi connectivity index (χ1n) is 3.71. The highest BCUT2D eigenvalue weighted by Crippen LogP contribution is 2.20. The maximum absolute atomic E-state index is 10.8. The van der Waals surface area contributed by atoms with Gasteiger partial charge < -0.3 is 4.55 Å². The van der Waals surface area contributed by atoms with E-state index in [0.29, 0.717) is 5.56 Å². The molecule has 0 aliphatic rings. The molecule has 0 amide bonds. The van der Waals surface area contributed by atoms with Crippen molar-refractivity contribution in [3.05, 3.63) is 29.8 Å². The number of hydrogen-bond donors (Lipinski definition) is 1. The molecule has 0 spiro atoms. The van der Waals surface area contributed by atoms with Crippen LogP contribution < -0.4 is 4.84 Å². The van der Waals surface area contributed by atoms with Crippen LogP contribution >= 0.6 is 11.8 Å². The lowest BCUT2D eigenvalue weighted by atomic mass is 10.1. The number of rotatable bonds is 3. The van der Waals surface area contributed by atoms with E-state index in [0.717, 1.165) is 0 Å². The molecule has 3 nitrogen and oxygen atoms in total. The molecule has 1 aromatic rings. The molecule has 0 bridgehead atoms. The molecule has 0 saturated carbocycles. The van der Waals surface area contributed by atoms with Crippen LogP contribution in [0, 0.1) is 0 Å². The Balaban J connectivity index is 3.11.